The summed E-state index contributed by atoms with van der Waals surface area (Å²) in [6.45, 7) is 3.69. The molecular weight excluding hydrogens is 358 g/mol. The van der Waals surface area contributed by atoms with Crippen molar-refractivity contribution in [2.75, 3.05) is 7.11 Å². The Balaban J connectivity index is 1.81. The van der Waals surface area contributed by atoms with Gasteiger partial charge in [0.25, 0.3) is 0 Å². The number of nitrogens with zero attached hydrogens (tertiary/aromatic N) is 1. The van der Waals surface area contributed by atoms with Gasteiger partial charge in [-0.3, -0.25) is 0 Å². The highest BCUT2D eigenvalue weighted by molar-refractivity contribution is 5.94. The van der Waals surface area contributed by atoms with Crippen LogP contribution in [0, 0.1) is 6.92 Å². The van der Waals surface area contributed by atoms with Crippen LogP contribution in [0.4, 0.5) is 0 Å². The molecule has 1 atom stereocenters. The number of rotatable bonds is 6. The molecule has 0 N–H and O–H groups in total. The van der Waals surface area contributed by atoms with Gasteiger partial charge in [0.1, 0.15) is 12.4 Å². The van der Waals surface area contributed by atoms with Gasteiger partial charge in [0.15, 0.2) is 11.8 Å². The third-order valence-electron chi connectivity index (χ3n) is 4.18. The summed E-state index contributed by atoms with van der Waals surface area (Å²) in [5.74, 6) is -0.706. The first-order chi connectivity index (χ1) is 13.5. The second kappa shape index (κ2) is 8.52. The van der Waals surface area contributed by atoms with E-state index in [2.05, 4.69) is 4.98 Å². The molecule has 1 aromatic heterocycles. The summed E-state index contributed by atoms with van der Waals surface area (Å²) in [6.07, 6.45) is -0.860. The molecule has 0 amide bonds. The van der Waals surface area contributed by atoms with Crippen LogP contribution in [0.25, 0.3) is 10.9 Å². The van der Waals surface area contributed by atoms with Gasteiger partial charge in [-0.05, 0) is 37.1 Å². The minimum atomic E-state index is -0.860. The smallest absolute Gasteiger partial charge is 0.356 e. The molecule has 0 aliphatic carbocycles. The fourth-order valence-corrected chi connectivity index (χ4v) is 2.70. The minimum Gasteiger partial charge on any atom is -0.478 e. The normalized spacial score (nSPS) is 11.7. The Morgan fingerprint density at radius 2 is 1.82 bits per heavy atom. The Bertz CT molecular complexity index is 1000. The molecule has 6 heteroatoms. The standard InChI is InChI=1S/C22H21NO5/c1-14-9-10-17-18(11-14)23-19(22(25)26-3)12-20(17)28-15(2)21(24)27-13-16-7-5-4-6-8-16/h4-12,15H,13H2,1-3H3/t15-/m1/s1. The van der Waals surface area contributed by atoms with E-state index >= 15 is 0 Å². The van der Waals surface area contributed by atoms with Crippen LogP contribution in [0.2, 0.25) is 0 Å². The first-order valence-electron chi connectivity index (χ1n) is 8.85. The number of hydrogen-bond donors (Lipinski definition) is 0. The van der Waals surface area contributed by atoms with Crippen LogP contribution in [0.5, 0.6) is 5.75 Å². The lowest BCUT2D eigenvalue weighted by Gasteiger charge is -2.16. The van der Waals surface area contributed by atoms with Crippen molar-refractivity contribution in [1.29, 1.82) is 0 Å². The molecular formula is C22H21NO5. The number of fused-ring (bicyclic) bond motifs is 1. The number of carbonyl (C=O) groups is 2. The highest BCUT2D eigenvalue weighted by Crippen LogP contribution is 2.28. The zero-order valence-electron chi connectivity index (χ0n) is 16.0. The van der Waals surface area contributed by atoms with Crippen molar-refractivity contribution in [3.05, 3.63) is 71.4 Å². The van der Waals surface area contributed by atoms with E-state index in [0.717, 1.165) is 11.1 Å². The summed E-state index contributed by atoms with van der Waals surface area (Å²) < 4.78 is 15.9. The Hall–Kier alpha value is -3.41. The number of carbonyl (C=O) groups excluding carboxylic acids is 2. The highest BCUT2D eigenvalue weighted by Gasteiger charge is 2.20. The zero-order chi connectivity index (χ0) is 20.1. The molecule has 28 heavy (non-hydrogen) atoms. The summed E-state index contributed by atoms with van der Waals surface area (Å²) >= 11 is 0. The molecule has 0 aliphatic heterocycles. The predicted octanol–water partition coefficient (Wildman–Crippen LogP) is 3.84. The molecule has 0 fully saturated rings. The summed E-state index contributed by atoms with van der Waals surface area (Å²) in [5, 5.41) is 0.695. The maximum Gasteiger partial charge on any atom is 0.356 e. The van der Waals surface area contributed by atoms with Crippen LogP contribution in [-0.4, -0.2) is 30.1 Å². The fourth-order valence-electron chi connectivity index (χ4n) is 2.70. The average Bonchev–Trinajstić information content (AvgIpc) is 2.71. The van der Waals surface area contributed by atoms with Crippen molar-refractivity contribution in [3.8, 4) is 5.75 Å². The van der Waals surface area contributed by atoms with Crippen LogP contribution in [0.3, 0.4) is 0 Å². The maximum atomic E-state index is 12.3. The topological polar surface area (TPSA) is 74.7 Å². The first-order valence-corrected chi connectivity index (χ1v) is 8.85. The average molecular weight is 379 g/mol. The molecule has 0 aliphatic rings. The van der Waals surface area contributed by atoms with Crippen molar-refractivity contribution in [1.82, 2.24) is 4.98 Å². The van der Waals surface area contributed by atoms with E-state index in [1.807, 2.05) is 55.5 Å². The number of ether oxygens (including phenoxy) is 3. The van der Waals surface area contributed by atoms with E-state index in [1.165, 1.54) is 13.2 Å². The van der Waals surface area contributed by atoms with Gasteiger partial charge < -0.3 is 14.2 Å². The number of aromatic nitrogens is 1. The second-order valence-corrected chi connectivity index (χ2v) is 6.37. The summed E-state index contributed by atoms with van der Waals surface area (Å²) in [6, 6.07) is 16.5. The summed E-state index contributed by atoms with van der Waals surface area (Å²) in [7, 11) is 1.29. The van der Waals surface area contributed by atoms with E-state index in [0.29, 0.717) is 16.7 Å². The lowest BCUT2D eigenvalue weighted by molar-refractivity contribution is -0.152. The van der Waals surface area contributed by atoms with Gasteiger partial charge in [0, 0.05) is 11.5 Å². The lowest BCUT2D eigenvalue weighted by atomic mass is 10.1. The zero-order valence-corrected chi connectivity index (χ0v) is 16.0. The van der Waals surface area contributed by atoms with Gasteiger partial charge in [0.2, 0.25) is 0 Å². The number of methoxy groups -OCH3 is 1. The molecule has 6 nitrogen and oxygen atoms in total. The van der Waals surface area contributed by atoms with E-state index < -0.39 is 18.0 Å². The van der Waals surface area contributed by atoms with Crippen LogP contribution in [-0.2, 0) is 20.9 Å². The van der Waals surface area contributed by atoms with E-state index in [1.54, 1.807) is 6.92 Å². The van der Waals surface area contributed by atoms with Gasteiger partial charge >= 0.3 is 11.9 Å². The molecule has 0 saturated heterocycles. The molecule has 0 bridgehead atoms. The SMILES string of the molecule is COC(=O)c1cc(O[C@H](C)C(=O)OCc2ccccc2)c2ccc(C)cc2n1. The third kappa shape index (κ3) is 4.46. The number of aryl methyl sites for hydroxylation is 1. The fraction of sp³-hybridized carbons (Fsp3) is 0.227. The Labute approximate surface area is 163 Å². The predicted molar refractivity (Wildman–Crippen MR) is 104 cm³/mol. The maximum absolute atomic E-state index is 12.3. The molecule has 0 unspecified atom stereocenters. The number of pyridine rings is 1. The van der Waals surface area contributed by atoms with Crippen molar-refractivity contribution in [3.63, 3.8) is 0 Å². The van der Waals surface area contributed by atoms with Crippen LogP contribution in [0.15, 0.2) is 54.6 Å². The largest absolute Gasteiger partial charge is 0.478 e. The molecule has 3 aromatic rings. The molecule has 2 aromatic carbocycles. The monoisotopic (exact) mass is 379 g/mol. The Morgan fingerprint density at radius 3 is 2.54 bits per heavy atom. The molecule has 1 heterocycles. The van der Waals surface area contributed by atoms with Crippen LogP contribution >= 0.6 is 0 Å². The lowest BCUT2D eigenvalue weighted by Crippen LogP contribution is -2.26. The van der Waals surface area contributed by atoms with Gasteiger partial charge in [-0.2, -0.15) is 0 Å². The molecule has 0 saturated carbocycles. The van der Waals surface area contributed by atoms with E-state index in [4.69, 9.17) is 14.2 Å². The Morgan fingerprint density at radius 1 is 1.07 bits per heavy atom. The number of benzene rings is 2. The third-order valence-corrected chi connectivity index (χ3v) is 4.18. The highest BCUT2D eigenvalue weighted by atomic mass is 16.6. The Kier molecular flexibility index (Phi) is 5.89. The molecule has 0 spiro atoms. The molecule has 144 valence electrons. The molecule has 3 rings (SSSR count). The van der Waals surface area contributed by atoms with Crippen LogP contribution < -0.4 is 4.74 Å². The van der Waals surface area contributed by atoms with E-state index in [9.17, 15) is 9.59 Å². The van der Waals surface area contributed by atoms with Crippen LogP contribution in [0.1, 0.15) is 28.5 Å². The summed E-state index contributed by atoms with van der Waals surface area (Å²) in [5.41, 5.74) is 2.58. The van der Waals surface area contributed by atoms with Crippen molar-refractivity contribution < 1.29 is 23.8 Å². The van der Waals surface area contributed by atoms with Gasteiger partial charge in [-0.15, -0.1) is 0 Å². The molecule has 0 radical (unpaired) electrons. The second-order valence-electron chi connectivity index (χ2n) is 6.37. The van der Waals surface area contributed by atoms with E-state index in [-0.39, 0.29) is 12.3 Å². The van der Waals surface area contributed by atoms with Crippen molar-refractivity contribution in [2.45, 2.75) is 26.6 Å². The van der Waals surface area contributed by atoms with Crippen molar-refractivity contribution in [2.24, 2.45) is 0 Å². The first kappa shape index (κ1) is 19.4. The van der Waals surface area contributed by atoms with Crippen molar-refractivity contribution >= 4 is 22.8 Å². The minimum absolute atomic E-state index is 0.112. The van der Waals surface area contributed by atoms with Gasteiger partial charge in [0.05, 0.1) is 12.6 Å². The van der Waals surface area contributed by atoms with Gasteiger partial charge in [-0.1, -0.05) is 36.4 Å². The summed E-state index contributed by atoms with van der Waals surface area (Å²) in [4.78, 5) is 28.6. The number of esters is 2. The quantitative estimate of drug-likeness (QED) is 0.606. The number of hydrogen-bond acceptors (Lipinski definition) is 6. The van der Waals surface area contributed by atoms with Gasteiger partial charge in [-0.25, -0.2) is 14.6 Å².